The molecule has 0 spiro atoms. The fraction of sp³-hybridized carbons (Fsp3) is 0.333. The number of fused-ring (bicyclic) bond motifs is 1. The van der Waals surface area contributed by atoms with Crippen LogP contribution in [0.3, 0.4) is 0 Å². The average Bonchev–Trinajstić information content (AvgIpc) is 2.30. The maximum Gasteiger partial charge on any atom is 0.182 e. The van der Waals surface area contributed by atoms with E-state index in [1.54, 1.807) is 0 Å². The van der Waals surface area contributed by atoms with E-state index in [1.165, 1.54) is 0 Å². The van der Waals surface area contributed by atoms with Crippen molar-refractivity contribution in [3.63, 3.8) is 0 Å². The van der Waals surface area contributed by atoms with Gasteiger partial charge in [0.25, 0.3) is 0 Å². The van der Waals surface area contributed by atoms with Gasteiger partial charge in [-0.1, -0.05) is 24.3 Å². The second-order valence-electron chi connectivity index (χ2n) is 2.76. The maximum atomic E-state index is 9.33. The van der Waals surface area contributed by atoms with Gasteiger partial charge in [-0.3, -0.25) is 0 Å². The van der Waals surface area contributed by atoms with Crippen LogP contribution >= 0.6 is 0 Å². The number of benzene rings is 1. The molecule has 1 aromatic rings. The summed E-state index contributed by atoms with van der Waals surface area (Å²) < 4.78 is 5.19. The Labute approximate surface area is 65.4 Å². The molecule has 0 radical (unpaired) electrons. The van der Waals surface area contributed by atoms with Gasteiger partial charge >= 0.3 is 0 Å². The standard InChI is InChI=1S/C9H10O2/c1-6-7-4-2-3-5-8(7)9(10)11-6/h2-6,9-10H,1H3/t6-,9?/m0/s1. The highest BCUT2D eigenvalue weighted by Crippen LogP contribution is 2.36. The molecule has 2 atom stereocenters. The maximum absolute atomic E-state index is 9.33. The zero-order chi connectivity index (χ0) is 7.84. The Kier molecular flexibility index (Phi) is 1.44. The molecule has 0 aliphatic carbocycles. The van der Waals surface area contributed by atoms with E-state index in [0.29, 0.717) is 0 Å². The molecule has 1 aliphatic heterocycles. The molecule has 1 N–H and O–H groups in total. The topological polar surface area (TPSA) is 29.5 Å². The fourth-order valence-electron chi connectivity index (χ4n) is 1.45. The smallest absolute Gasteiger partial charge is 0.182 e. The van der Waals surface area contributed by atoms with Crippen molar-refractivity contribution in [2.24, 2.45) is 0 Å². The molecule has 2 heteroatoms. The van der Waals surface area contributed by atoms with Crippen molar-refractivity contribution >= 4 is 0 Å². The van der Waals surface area contributed by atoms with Crippen LogP contribution in [0.2, 0.25) is 0 Å². The van der Waals surface area contributed by atoms with E-state index in [9.17, 15) is 5.11 Å². The minimum absolute atomic E-state index is 0.0289. The summed E-state index contributed by atoms with van der Waals surface area (Å²) in [5.41, 5.74) is 2.00. The van der Waals surface area contributed by atoms with Crippen molar-refractivity contribution in [3.8, 4) is 0 Å². The van der Waals surface area contributed by atoms with Crippen LogP contribution in [-0.2, 0) is 4.74 Å². The monoisotopic (exact) mass is 150 g/mol. The molecule has 0 aromatic heterocycles. The Balaban J connectivity index is 2.52. The molecule has 1 heterocycles. The zero-order valence-electron chi connectivity index (χ0n) is 6.32. The molecule has 2 nitrogen and oxygen atoms in total. The molecule has 0 saturated heterocycles. The molecule has 1 aromatic carbocycles. The first kappa shape index (κ1) is 6.83. The lowest BCUT2D eigenvalue weighted by Gasteiger charge is -2.02. The first-order valence-corrected chi connectivity index (χ1v) is 3.71. The quantitative estimate of drug-likeness (QED) is 0.610. The van der Waals surface area contributed by atoms with Crippen LogP contribution in [0.1, 0.15) is 30.4 Å². The average molecular weight is 150 g/mol. The third-order valence-electron chi connectivity index (χ3n) is 2.03. The molecular weight excluding hydrogens is 140 g/mol. The van der Waals surface area contributed by atoms with Crippen molar-refractivity contribution in [1.82, 2.24) is 0 Å². The predicted molar refractivity (Wildman–Crippen MR) is 40.9 cm³/mol. The van der Waals surface area contributed by atoms with Crippen molar-refractivity contribution in [1.29, 1.82) is 0 Å². The van der Waals surface area contributed by atoms with Crippen molar-refractivity contribution in [2.45, 2.75) is 19.3 Å². The summed E-state index contributed by atoms with van der Waals surface area (Å²) in [6.45, 7) is 1.94. The Morgan fingerprint density at radius 3 is 2.55 bits per heavy atom. The molecule has 1 aliphatic rings. The molecule has 0 fully saturated rings. The number of aliphatic hydroxyl groups excluding tert-OH is 1. The molecule has 11 heavy (non-hydrogen) atoms. The number of rotatable bonds is 0. The van der Waals surface area contributed by atoms with Gasteiger partial charge in [-0.15, -0.1) is 0 Å². The fourth-order valence-corrected chi connectivity index (χ4v) is 1.45. The van der Waals surface area contributed by atoms with Crippen LogP contribution in [0.15, 0.2) is 24.3 Å². The van der Waals surface area contributed by atoms with E-state index in [2.05, 4.69) is 0 Å². The summed E-state index contributed by atoms with van der Waals surface area (Å²) in [5.74, 6) is 0. The highest BCUT2D eigenvalue weighted by Gasteiger charge is 2.25. The first-order valence-electron chi connectivity index (χ1n) is 3.71. The van der Waals surface area contributed by atoms with Gasteiger partial charge in [0.15, 0.2) is 6.29 Å². The molecule has 2 rings (SSSR count). The molecule has 58 valence electrons. The van der Waals surface area contributed by atoms with E-state index in [4.69, 9.17) is 4.74 Å². The lowest BCUT2D eigenvalue weighted by molar-refractivity contribution is -0.115. The van der Waals surface area contributed by atoms with Crippen molar-refractivity contribution < 1.29 is 9.84 Å². The van der Waals surface area contributed by atoms with Gasteiger partial charge in [0.1, 0.15) is 0 Å². The van der Waals surface area contributed by atoms with Crippen molar-refractivity contribution in [3.05, 3.63) is 35.4 Å². The molecular formula is C9H10O2. The van der Waals surface area contributed by atoms with E-state index in [-0.39, 0.29) is 6.10 Å². The van der Waals surface area contributed by atoms with Crippen LogP contribution in [0.5, 0.6) is 0 Å². The molecule has 0 bridgehead atoms. The van der Waals surface area contributed by atoms with Crippen molar-refractivity contribution in [2.75, 3.05) is 0 Å². The van der Waals surface area contributed by atoms with Crippen LogP contribution in [0, 0.1) is 0 Å². The van der Waals surface area contributed by atoms with Gasteiger partial charge in [0.05, 0.1) is 6.10 Å². The van der Waals surface area contributed by atoms with Gasteiger partial charge in [-0.25, -0.2) is 0 Å². The third-order valence-corrected chi connectivity index (χ3v) is 2.03. The van der Waals surface area contributed by atoms with Crippen LogP contribution in [0.25, 0.3) is 0 Å². The second kappa shape index (κ2) is 2.32. The minimum atomic E-state index is -0.721. The van der Waals surface area contributed by atoms with Crippen LogP contribution in [0.4, 0.5) is 0 Å². The number of ether oxygens (including phenoxy) is 1. The van der Waals surface area contributed by atoms with E-state index in [0.717, 1.165) is 11.1 Å². The van der Waals surface area contributed by atoms with E-state index >= 15 is 0 Å². The summed E-state index contributed by atoms with van der Waals surface area (Å²) in [4.78, 5) is 0. The first-order chi connectivity index (χ1) is 5.29. The van der Waals surface area contributed by atoms with Gasteiger partial charge in [0.2, 0.25) is 0 Å². The molecule has 0 amide bonds. The van der Waals surface area contributed by atoms with Gasteiger partial charge < -0.3 is 9.84 Å². The lowest BCUT2D eigenvalue weighted by atomic mass is 10.1. The Morgan fingerprint density at radius 1 is 1.27 bits per heavy atom. The SMILES string of the molecule is C[C@@H]1OC(O)c2ccccc21. The summed E-state index contributed by atoms with van der Waals surface area (Å²) in [7, 11) is 0. The molecule has 0 saturated carbocycles. The number of hydrogen-bond donors (Lipinski definition) is 1. The largest absolute Gasteiger partial charge is 0.364 e. The molecule has 1 unspecified atom stereocenters. The normalized spacial score (nSPS) is 28.5. The third kappa shape index (κ3) is 0.951. The Hall–Kier alpha value is -0.860. The highest BCUT2D eigenvalue weighted by molar-refractivity contribution is 5.32. The highest BCUT2D eigenvalue weighted by atomic mass is 16.6. The number of aliphatic hydroxyl groups is 1. The van der Waals surface area contributed by atoms with Gasteiger partial charge in [-0.05, 0) is 12.5 Å². The number of hydrogen-bond acceptors (Lipinski definition) is 2. The summed E-state index contributed by atoms with van der Waals surface area (Å²) in [6, 6.07) is 7.74. The van der Waals surface area contributed by atoms with Crippen LogP contribution in [-0.4, -0.2) is 5.11 Å². The predicted octanol–water partition coefficient (Wildman–Crippen LogP) is 1.77. The van der Waals surface area contributed by atoms with Crippen LogP contribution < -0.4 is 0 Å². The second-order valence-corrected chi connectivity index (χ2v) is 2.76. The summed E-state index contributed by atoms with van der Waals surface area (Å²) >= 11 is 0. The summed E-state index contributed by atoms with van der Waals surface area (Å²) in [6.07, 6.45) is -0.692. The lowest BCUT2D eigenvalue weighted by Crippen LogP contribution is -1.92. The van der Waals surface area contributed by atoms with E-state index in [1.807, 2.05) is 31.2 Å². The van der Waals surface area contributed by atoms with Gasteiger partial charge in [0, 0.05) is 5.56 Å². The minimum Gasteiger partial charge on any atom is -0.364 e. The summed E-state index contributed by atoms with van der Waals surface area (Å²) in [5, 5.41) is 9.33. The van der Waals surface area contributed by atoms with E-state index < -0.39 is 6.29 Å². The Bertz CT molecular complexity index is 243. The van der Waals surface area contributed by atoms with Gasteiger partial charge in [-0.2, -0.15) is 0 Å². The Morgan fingerprint density at radius 2 is 1.91 bits per heavy atom. The zero-order valence-corrected chi connectivity index (χ0v) is 6.32.